The summed E-state index contributed by atoms with van der Waals surface area (Å²) in [5.74, 6) is 1.43. The third kappa shape index (κ3) is 6.96. The Morgan fingerprint density at radius 2 is 1.93 bits per heavy atom. The molecule has 0 aliphatic carbocycles. The Morgan fingerprint density at radius 3 is 2.69 bits per heavy atom. The largest absolute Gasteiger partial charge is 0.490 e. The second-order valence-electron chi connectivity index (χ2n) is 8.05. The van der Waals surface area contributed by atoms with E-state index >= 15 is 0 Å². The zero-order valence-corrected chi connectivity index (χ0v) is 17.8. The van der Waals surface area contributed by atoms with Gasteiger partial charge in [-0.1, -0.05) is 0 Å². The van der Waals surface area contributed by atoms with Crippen molar-refractivity contribution in [1.29, 1.82) is 0 Å². The van der Waals surface area contributed by atoms with Crippen molar-refractivity contribution in [3.63, 3.8) is 0 Å². The van der Waals surface area contributed by atoms with E-state index in [4.69, 9.17) is 4.74 Å². The molecule has 1 aliphatic heterocycles. The standard InChI is InChI=1S/C22H33N5O2/c1-26(2)12-13-27(3)11-8-22(28)25-21-15-18-14-20(5-4-17(18)16-24-21)29-19-6-9-23-10-7-19/h4-5,14-16,19,23H,6-13H2,1-3H3,(H,24,25,28). The summed E-state index contributed by atoms with van der Waals surface area (Å²) in [6.45, 7) is 4.65. The molecule has 1 aromatic heterocycles. The van der Waals surface area contributed by atoms with Gasteiger partial charge in [0.25, 0.3) is 0 Å². The Hall–Kier alpha value is -2.22. The van der Waals surface area contributed by atoms with Gasteiger partial charge in [-0.05, 0) is 76.7 Å². The van der Waals surface area contributed by atoms with E-state index in [0.29, 0.717) is 12.2 Å². The van der Waals surface area contributed by atoms with Crippen molar-refractivity contribution >= 4 is 22.5 Å². The average Bonchev–Trinajstić information content (AvgIpc) is 2.71. The van der Waals surface area contributed by atoms with Gasteiger partial charge in [0.15, 0.2) is 0 Å². The molecule has 0 spiro atoms. The maximum atomic E-state index is 12.3. The number of aromatic nitrogens is 1. The first-order valence-electron chi connectivity index (χ1n) is 10.4. The smallest absolute Gasteiger partial charge is 0.226 e. The fourth-order valence-electron chi connectivity index (χ4n) is 3.35. The minimum absolute atomic E-state index is 0.0179. The number of likely N-dealkylation sites (N-methyl/N-ethyl adjacent to an activating group) is 2. The van der Waals surface area contributed by atoms with Crippen molar-refractivity contribution in [1.82, 2.24) is 20.1 Å². The topological polar surface area (TPSA) is 69.7 Å². The molecule has 7 heteroatoms. The van der Waals surface area contributed by atoms with Crippen molar-refractivity contribution in [2.24, 2.45) is 0 Å². The third-order valence-electron chi connectivity index (χ3n) is 5.20. The Bertz CT molecular complexity index is 805. The molecule has 1 fully saturated rings. The molecule has 2 aromatic rings. The van der Waals surface area contributed by atoms with Crippen LogP contribution in [-0.2, 0) is 4.79 Å². The number of amides is 1. The number of benzene rings is 1. The Kier molecular flexibility index (Phi) is 7.80. The molecular formula is C22H33N5O2. The van der Waals surface area contributed by atoms with Gasteiger partial charge in [-0.25, -0.2) is 4.98 Å². The summed E-state index contributed by atoms with van der Waals surface area (Å²) in [6.07, 6.45) is 4.56. The van der Waals surface area contributed by atoms with Crippen molar-refractivity contribution in [2.45, 2.75) is 25.4 Å². The van der Waals surface area contributed by atoms with Gasteiger partial charge in [-0.15, -0.1) is 0 Å². The highest BCUT2D eigenvalue weighted by Gasteiger charge is 2.14. The number of carbonyl (C=O) groups is 1. The number of hydrogen-bond donors (Lipinski definition) is 2. The predicted octanol–water partition coefficient (Wildman–Crippen LogP) is 2.19. The molecule has 1 amide bonds. The first-order chi connectivity index (χ1) is 14.0. The highest BCUT2D eigenvalue weighted by Crippen LogP contribution is 2.24. The molecular weight excluding hydrogens is 366 g/mol. The van der Waals surface area contributed by atoms with Gasteiger partial charge in [0, 0.05) is 37.6 Å². The summed E-state index contributed by atoms with van der Waals surface area (Å²) in [7, 11) is 6.14. The monoisotopic (exact) mass is 399 g/mol. The van der Waals surface area contributed by atoms with E-state index in [1.54, 1.807) is 6.20 Å². The normalized spacial score (nSPS) is 15.2. The lowest BCUT2D eigenvalue weighted by molar-refractivity contribution is -0.116. The number of piperidine rings is 1. The number of carbonyl (C=O) groups excluding carboxylic acids is 1. The highest BCUT2D eigenvalue weighted by atomic mass is 16.5. The van der Waals surface area contributed by atoms with Crippen LogP contribution >= 0.6 is 0 Å². The van der Waals surface area contributed by atoms with Crippen molar-refractivity contribution in [3.05, 3.63) is 30.5 Å². The number of anilines is 1. The van der Waals surface area contributed by atoms with E-state index in [-0.39, 0.29) is 12.0 Å². The van der Waals surface area contributed by atoms with Crippen LogP contribution in [0.25, 0.3) is 10.8 Å². The fourth-order valence-corrected chi connectivity index (χ4v) is 3.35. The van der Waals surface area contributed by atoms with Gasteiger partial charge in [0.2, 0.25) is 5.91 Å². The third-order valence-corrected chi connectivity index (χ3v) is 5.20. The molecule has 158 valence electrons. The minimum atomic E-state index is -0.0179. The lowest BCUT2D eigenvalue weighted by atomic mass is 10.1. The first kappa shape index (κ1) is 21.5. The maximum absolute atomic E-state index is 12.3. The minimum Gasteiger partial charge on any atom is -0.490 e. The van der Waals surface area contributed by atoms with Crippen LogP contribution in [-0.4, -0.2) is 80.7 Å². The SMILES string of the molecule is CN(C)CCN(C)CCC(=O)Nc1cc2cc(OC3CCNCC3)ccc2cn1. The zero-order valence-electron chi connectivity index (χ0n) is 17.8. The van der Waals surface area contributed by atoms with E-state index in [1.807, 2.05) is 31.3 Å². The number of pyridine rings is 1. The summed E-state index contributed by atoms with van der Waals surface area (Å²) in [4.78, 5) is 21.0. The Morgan fingerprint density at radius 1 is 1.14 bits per heavy atom. The number of fused-ring (bicyclic) bond motifs is 1. The summed E-state index contributed by atoms with van der Waals surface area (Å²) in [5.41, 5.74) is 0. The van der Waals surface area contributed by atoms with Crippen LogP contribution in [0.2, 0.25) is 0 Å². The number of nitrogens with zero attached hydrogens (tertiary/aromatic N) is 3. The quantitative estimate of drug-likeness (QED) is 0.674. The first-order valence-corrected chi connectivity index (χ1v) is 10.4. The van der Waals surface area contributed by atoms with E-state index < -0.39 is 0 Å². The predicted molar refractivity (Wildman–Crippen MR) is 118 cm³/mol. The van der Waals surface area contributed by atoms with Crippen LogP contribution in [0.15, 0.2) is 30.5 Å². The van der Waals surface area contributed by atoms with Crippen LogP contribution < -0.4 is 15.4 Å². The van der Waals surface area contributed by atoms with Crippen LogP contribution in [0.5, 0.6) is 5.75 Å². The van der Waals surface area contributed by atoms with E-state index in [2.05, 4.69) is 39.5 Å². The average molecular weight is 400 g/mol. The van der Waals surface area contributed by atoms with Gasteiger partial charge in [0.05, 0.1) is 0 Å². The molecule has 29 heavy (non-hydrogen) atoms. The second kappa shape index (κ2) is 10.5. The van der Waals surface area contributed by atoms with Crippen LogP contribution in [0.1, 0.15) is 19.3 Å². The molecule has 0 atom stereocenters. The molecule has 0 unspecified atom stereocenters. The van der Waals surface area contributed by atoms with Gasteiger partial charge in [0.1, 0.15) is 17.7 Å². The Labute approximate surface area is 173 Å². The highest BCUT2D eigenvalue weighted by molar-refractivity contribution is 5.93. The molecule has 2 heterocycles. The summed E-state index contributed by atoms with van der Waals surface area (Å²) in [5, 5.41) is 8.32. The molecule has 0 bridgehead atoms. The number of ether oxygens (including phenoxy) is 1. The number of nitrogens with one attached hydrogen (secondary N) is 2. The maximum Gasteiger partial charge on any atom is 0.226 e. The molecule has 0 saturated carbocycles. The molecule has 3 rings (SSSR count). The molecule has 1 aliphatic rings. The molecule has 2 N–H and O–H groups in total. The van der Waals surface area contributed by atoms with Gasteiger partial charge in [-0.2, -0.15) is 0 Å². The van der Waals surface area contributed by atoms with Gasteiger partial charge < -0.3 is 25.2 Å². The number of rotatable bonds is 9. The molecule has 0 radical (unpaired) electrons. The van der Waals surface area contributed by atoms with Crippen molar-refractivity contribution in [2.75, 3.05) is 59.2 Å². The lowest BCUT2D eigenvalue weighted by Crippen LogP contribution is -2.34. The zero-order chi connectivity index (χ0) is 20.6. The van der Waals surface area contributed by atoms with Crippen LogP contribution in [0.3, 0.4) is 0 Å². The van der Waals surface area contributed by atoms with E-state index in [9.17, 15) is 4.79 Å². The summed E-state index contributed by atoms with van der Waals surface area (Å²) in [6, 6.07) is 7.96. The summed E-state index contributed by atoms with van der Waals surface area (Å²) < 4.78 is 6.13. The number of hydrogen-bond acceptors (Lipinski definition) is 6. The van der Waals surface area contributed by atoms with E-state index in [0.717, 1.165) is 62.1 Å². The molecule has 7 nitrogen and oxygen atoms in total. The second-order valence-corrected chi connectivity index (χ2v) is 8.05. The fraction of sp³-hybridized carbons (Fsp3) is 0.545. The lowest BCUT2D eigenvalue weighted by Gasteiger charge is -2.24. The van der Waals surface area contributed by atoms with Crippen LogP contribution in [0.4, 0.5) is 5.82 Å². The van der Waals surface area contributed by atoms with Crippen molar-refractivity contribution < 1.29 is 9.53 Å². The van der Waals surface area contributed by atoms with Gasteiger partial charge >= 0.3 is 0 Å². The summed E-state index contributed by atoms with van der Waals surface area (Å²) >= 11 is 0. The van der Waals surface area contributed by atoms with Crippen LogP contribution in [0, 0.1) is 0 Å². The van der Waals surface area contributed by atoms with E-state index in [1.165, 1.54) is 0 Å². The van der Waals surface area contributed by atoms with Crippen molar-refractivity contribution in [3.8, 4) is 5.75 Å². The Balaban J connectivity index is 1.55. The molecule has 1 aromatic carbocycles. The molecule has 1 saturated heterocycles. The van der Waals surface area contributed by atoms with Gasteiger partial charge in [-0.3, -0.25) is 4.79 Å².